The van der Waals surface area contributed by atoms with E-state index < -0.39 is 0 Å². The van der Waals surface area contributed by atoms with Crippen LogP contribution >= 0.6 is 0 Å². The molecule has 0 atom stereocenters. The van der Waals surface area contributed by atoms with Gasteiger partial charge in [0.15, 0.2) is 11.6 Å². The Hall–Kier alpha value is -2.93. The van der Waals surface area contributed by atoms with Crippen LogP contribution in [0.1, 0.15) is 46.5 Å². The number of amides is 2. The summed E-state index contributed by atoms with van der Waals surface area (Å²) in [7, 11) is 0. The number of carbonyl (C=O) groups is 2. The number of likely N-dealkylation sites (tertiary alicyclic amines) is 1. The van der Waals surface area contributed by atoms with Crippen LogP contribution in [0.5, 0.6) is 0 Å². The van der Waals surface area contributed by atoms with Gasteiger partial charge in [0.2, 0.25) is 5.91 Å². The highest BCUT2D eigenvalue weighted by atomic mass is 16.5. The van der Waals surface area contributed by atoms with Crippen molar-refractivity contribution in [2.24, 2.45) is 0 Å². The van der Waals surface area contributed by atoms with Crippen molar-refractivity contribution in [1.29, 1.82) is 0 Å². The lowest BCUT2D eigenvalue weighted by Crippen LogP contribution is -2.41. The fourth-order valence-corrected chi connectivity index (χ4v) is 3.89. The predicted octanol–water partition coefficient (Wildman–Crippen LogP) is 2.87. The molecule has 2 aliphatic rings. The maximum absolute atomic E-state index is 12.7. The number of aromatic nitrogens is 1. The Labute approximate surface area is 176 Å². The van der Waals surface area contributed by atoms with Crippen LogP contribution in [0.2, 0.25) is 0 Å². The number of carbonyl (C=O) groups excluding carboxylic acids is 2. The van der Waals surface area contributed by atoms with Crippen LogP contribution in [0, 0.1) is 6.92 Å². The van der Waals surface area contributed by atoms with Crippen LogP contribution in [-0.2, 0) is 9.53 Å². The normalized spacial score (nSPS) is 18.2. The summed E-state index contributed by atoms with van der Waals surface area (Å²) in [6.45, 7) is 5.36. The third-order valence-corrected chi connectivity index (χ3v) is 5.69. The van der Waals surface area contributed by atoms with Gasteiger partial charge in [-0.3, -0.25) is 9.59 Å². The van der Waals surface area contributed by atoms with Crippen molar-refractivity contribution in [3.05, 3.63) is 59.3 Å². The Bertz CT molecular complexity index is 908. The number of aryl methyl sites for hydroxylation is 1. The van der Waals surface area contributed by atoms with Gasteiger partial charge in [0.1, 0.15) is 5.76 Å². The van der Waals surface area contributed by atoms with Crippen molar-refractivity contribution in [2.75, 3.05) is 39.4 Å². The van der Waals surface area contributed by atoms with E-state index >= 15 is 0 Å². The zero-order chi connectivity index (χ0) is 20.9. The van der Waals surface area contributed by atoms with Gasteiger partial charge in [-0.05, 0) is 31.4 Å². The van der Waals surface area contributed by atoms with Crippen LogP contribution in [0.4, 0.5) is 0 Å². The maximum Gasteiger partial charge on any atom is 0.276 e. The Morgan fingerprint density at radius 1 is 1.03 bits per heavy atom. The Kier molecular flexibility index (Phi) is 6.28. The van der Waals surface area contributed by atoms with Gasteiger partial charge in [0.05, 0.1) is 13.2 Å². The van der Waals surface area contributed by atoms with Gasteiger partial charge in [-0.25, -0.2) is 4.98 Å². The second kappa shape index (κ2) is 9.26. The smallest absolute Gasteiger partial charge is 0.276 e. The lowest BCUT2D eigenvalue weighted by molar-refractivity contribution is -0.127. The first-order valence-electron chi connectivity index (χ1n) is 10.5. The highest BCUT2D eigenvalue weighted by molar-refractivity contribution is 5.93. The molecule has 2 saturated heterocycles. The van der Waals surface area contributed by atoms with Gasteiger partial charge in [-0.2, -0.15) is 0 Å². The minimum Gasteiger partial charge on any atom is -0.445 e. The number of ether oxygens (including phenoxy) is 1. The third kappa shape index (κ3) is 4.62. The standard InChI is InChI=1S/C23H27N3O4/c1-17-21(23(28)26-13-15-29-16-14-26)24-22(30-17)19-9-11-25(12-10-19)20(27)8-7-18-5-3-2-4-6-18/h2-8,19H,9-16H2,1H3/b8-7+. The molecular weight excluding hydrogens is 382 g/mol. The summed E-state index contributed by atoms with van der Waals surface area (Å²) in [6.07, 6.45) is 5.02. The molecule has 3 heterocycles. The second-order valence-corrected chi connectivity index (χ2v) is 7.71. The fraction of sp³-hybridized carbons (Fsp3) is 0.435. The molecule has 2 aliphatic heterocycles. The van der Waals surface area contributed by atoms with Crippen molar-refractivity contribution in [3.63, 3.8) is 0 Å². The van der Waals surface area contributed by atoms with Crippen LogP contribution in [0.3, 0.4) is 0 Å². The molecule has 1 aromatic carbocycles. The van der Waals surface area contributed by atoms with E-state index in [1.54, 1.807) is 17.9 Å². The minimum absolute atomic E-state index is 0.0177. The number of piperidine rings is 1. The molecular formula is C23H27N3O4. The van der Waals surface area contributed by atoms with Crippen molar-refractivity contribution in [1.82, 2.24) is 14.8 Å². The van der Waals surface area contributed by atoms with E-state index in [2.05, 4.69) is 4.98 Å². The maximum atomic E-state index is 12.7. The van der Waals surface area contributed by atoms with Crippen molar-refractivity contribution in [3.8, 4) is 0 Å². The first kappa shape index (κ1) is 20.3. The average molecular weight is 409 g/mol. The molecule has 1 aromatic heterocycles. The molecule has 0 saturated carbocycles. The molecule has 0 radical (unpaired) electrons. The van der Waals surface area contributed by atoms with Crippen LogP contribution in [-0.4, -0.2) is 66.0 Å². The monoisotopic (exact) mass is 409 g/mol. The number of benzene rings is 1. The molecule has 30 heavy (non-hydrogen) atoms. The van der Waals surface area contributed by atoms with E-state index in [4.69, 9.17) is 9.15 Å². The number of oxazole rings is 1. The van der Waals surface area contributed by atoms with Gasteiger partial charge in [-0.15, -0.1) is 0 Å². The molecule has 0 N–H and O–H groups in total. The van der Waals surface area contributed by atoms with Crippen molar-refractivity contribution in [2.45, 2.75) is 25.7 Å². The molecule has 158 valence electrons. The first-order valence-corrected chi connectivity index (χ1v) is 10.5. The summed E-state index contributed by atoms with van der Waals surface area (Å²) in [5.74, 6) is 1.22. The van der Waals surface area contributed by atoms with Gasteiger partial charge in [0, 0.05) is 38.2 Å². The molecule has 2 aromatic rings. The first-order chi connectivity index (χ1) is 14.6. The van der Waals surface area contributed by atoms with Crippen molar-refractivity contribution < 1.29 is 18.7 Å². The topological polar surface area (TPSA) is 75.9 Å². The Morgan fingerprint density at radius 3 is 2.43 bits per heavy atom. The summed E-state index contributed by atoms with van der Waals surface area (Å²) < 4.78 is 11.2. The molecule has 0 aliphatic carbocycles. The van der Waals surface area contributed by atoms with E-state index in [9.17, 15) is 9.59 Å². The molecule has 2 fully saturated rings. The van der Waals surface area contributed by atoms with E-state index in [1.165, 1.54) is 0 Å². The fourth-order valence-electron chi connectivity index (χ4n) is 3.89. The van der Waals surface area contributed by atoms with Gasteiger partial charge in [0.25, 0.3) is 5.91 Å². The zero-order valence-electron chi connectivity index (χ0n) is 17.3. The number of rotatable bonds is 4. The zero-order valence-corrected chi connectivity index (χ0v) is 17.3. The molecule has 7 nitrogen and oxygen atoms in total. The van der Waals surface area contributed by atoms with Crippen LogP contribution in [0.25, 0.3) is 6.08 Å². The summed E-state index contributed by atoms with van der Waals surface area (Å²) >= 11 is 0. The highest BCUT2D eigenvalue weighted by Gasteiger charge is 2.30. The highest BCUT2D eigenvalue weighted by Crippen LogP contribution is 2.29. The van der Waals surface area contributed by atoms with Crippen LogP contribution in [0.15, 0.2) is 40.8 Å². The van der Waals surface area contributed by atoms with Gasteiger partial charge in [-0.1, -0.05) is 30.3 Å². The van der Waals surface area contributed by atoms with E-state index in [0.717, 1.165) is 18.4 Å². The molecule has 0 bridgehead atoms. The number of hydrogen-bond donors (Lipinski definition) is 0. The van der Waals surface area contributed by atoms with E-state index in [-0.39, 0.29) is 17.7 Å². The number of hydrogen-bond acceptors (Lipinski definition) is 5. The average Bonchev–Trinajstić information content (AvgIpc) is 3.20. The summed E-state index contributed by atoms with van der Waals surface area (Å²) in [6, 6.07) is 9.79. The summed E-state index contributed by atoms with van der Waals surface area (Å²) in [5.41, 5.74) is 1.41. The molecule has 0 unspecified atom stereocenters. The molecule has 2 amide bonds. The van der Waals surface area contributed by atoms with Gasteiger partial charge < -0.3 is 19.0 Å². The number of morpholine rings is 1. The summed E-state index contributed by atoms with van der Waals surface area (Å²) in [4.78, 5) is 33.4. The second-order valence-electron chi connectivity index (χ2n) is 7.71. The molecule has 4 rings (SSSR count). The largest absolute Gasteiger partial charge is 0.445 e. The van der Waals surface area contributed by atoms with Crippen LogP contribution < -0.4 is 0 Å². The number of nitrogens with zero attached hydrogens (tertiary/aromatic N) is 3. The Balaban J connectivity index is 1.34. The molecule has 0 spiro atoms. The quantitative estimate of drug-likeness (QED) is 0.726. The lowest BCUT2D eigenvalue weighted by atomic mass is 9.96. The van der Waals surface area contributed by atoms with E-state index in [0.29, 0.717) is 56.7 Å². The minimum atomic E-state index is -0.0931. The summed E-state index contributed by atoms with van der Waals surface area (Å²) in [5, 5.41) is 0. The lowest BCUT2D eigenvalue weighted by Gasteiger charge is -2.29. The van der Waals surface area contributed by atoms with Crippen molar-refractivity contribution >= 4 is 17.9 Å². The SMILES string of the molecule is Cc1oc(C2CCN(C(=O)/C=C/c3ccccc3)CC2)nc1C(=O)N1CCOCC1. The predicted molar refractivity (Wildman–Crippen MR) is 112 cm³/mol. The Morgan fingerprint density at radius 2 is 1.73 bits per heavy atom. The molecule has 7 heteroatoms. The van der Waals surface area contributed by atoms with Gasteiger partial charge >= 0.3 is 0 Å². The van der Waals surface area contributed by atoms with E-state index in [1.807, 2.05) is 41.3 Å². The third-order valence-electron chi connectivity index (χ3n) is 5.69.